The van der Waals surface area contributed by atoms with E-state index >= 15 is 0 Å². The molecule has 1 heterocycles. The third kappa shape index (κ3) is 4.05. The Morgan fingerprint density at radius 1 is 0.893 bits per heavy atom. The highest BCUT2D eigenvalue weighted by atomic mass is 16.3. The molecule has 2 heteroatoms. The van der Waals surface area contributed by atoms with Crippen LogP contribution < -0.4 is 0 Å². The van der Waals surface area contributed by atoms with Crippen molar-refractivity contribution >= 4 is 0 Å². The second-order valence-electron chi connectivity index (χ2n) is 9.98. The maximum absolute atomic E-state index is 11.3. The summed E-state index contributed by atoms with van der Waals surface area (Å²) in [5.41, 5.74) is 2.44. The SMILES string of the molecule is CCCCN1CCC2(CC(C)(O)c3ccccc32)CC1(CCCC)CCCC. The van der Waals surface area contributed by atoms with Crippen molar-refractivity contribution in [2.45, 2.75) is 115 Å². The van der Waals surface area contributed by atoms with Crippen LogP contribution in [0.25, 0.3) is 0 Å². The summed E-state index contributed by atoms with van der Waals surface area (Å²) in [4.78, 5) is 2.88. The average molecular weight is 386 g/mol. The maximum Gasteiger partial charge on any atom is 0.0879 e. The van der Waals surface area contributed by atoms with E-state index in [-0.39, 0.29) is 5.41 Å². The van der Waals surface area contributed by atoms with Gasteiger partial charge in [-0.15, -0.1) is 0 Å². The minimum atomic E-state index is -0.677. The number of hydrogen-bond donors (Lipinski definition) is 1. The predicted octanol–water partition coefficient (Wildman–Crippen LogP) is 6.55. The first-order valence-corrected chi connectivity index (χ1v) is 12.0. The first kappa shape index (κ1) is 21.8. The van der Waals surface area contributed by atoms with Gasteiger partial charge in [0.2, 0.25) is 0 Å². The van der Waals surface area contributed by atoms with Gasteiger partial charge in [-0.3, -0.25) is 4.90 Å². The molecule has 1 aromatic carbocycles. The number of nitrogens with zero attached hydrogens (tertiary/aromatic N) is 1. The molecule has 158 valence electrons. The molecule has 1 saturated heterocycles. The van der Waals surface area contributed by atoms with E-state index in [0.29, 0.717) is 5.54 Å². The van der Waals surface area contributed by atoms with E-state index in [2.05, 4.69) is 49.9 Å². The van der Waals surface area contributed by atoms with Crippen LogP contribution in [0, 0.1) is 0 Å². The van der Waals surface area contributed by atoms with Crippen LogP contribution in [0.15, 0.2) is 24.3 Å². The van der Waals surface area contributed by atoms with Crippen molar-refractivity contribution in [3.63, 3.8) is 0 Å². The zero-order chi connectivity index (χ0) is 20.3. The molecule has 28 heavy (non-hydrogen) atoms. The Morgan fingerprint density at radius 2 is 1.50 bits per heavy atom. The van der Waals surface area contributed by atoms with Gasteiger partial charge in [-0.25, -0.2) is 0 Å². The van der Waals surface area contributed by atoms with Crippen molar-refractivity contribution in [2.24, 2.45) is 0 Å². The Balaban J connectivity index is 1.98. The topological polar surface area (TPSA) is 23.5 Å². The van der Waals surface area contributed by atoms with Crippen LogP contribution in [0.5, 0.6) is 0 Å². The highest BCUT2D eigenvalue weighted by Gasteiger charge is 2.55. The molecule has 0 saturated carbocycles. The number of benzene rings is 1. The Kier molecular flexibility index (Phi) is 6.92. The van der Waals surface area contributed by atoms with Crippen LogP contribution in [0.2, 0.25) is 0 Å². The lowest BCUT2D eigenvalue weighted by Gasteiger charge is -2.55. The van der Waals surface area contributed by atoms with Gasteiger partial charge in [-0.1, -0.05) is 77.1 Å². The van der Waals surface area contributed by atoms with Crippen LogP contribution in [0.3, 0.4) is 0 Å². The van der Waals surface area contributed by atoms with Crippen molar-refractivity contribution in [3.05, 3.63) is 35.4 Å². The van der Waals surface area contributed by atoms with Crippen molar-refractivity contribution in [3.8, 4) is 0 Å². The van der Waals surface area contributed by atoms with Crippen molar-refractivity contribution in [1.29, 1.82) is 0 Å². The molecule has 2 nitrogen and oxygen atoms in total. The quantitative estimate of drug-likeness (QED) is 0.521. The molecule has 2 atom stereocenters. The summed E-state index contributed by atoms with van der Waals surface area (Å²) in [6.07, 6.45) is 13.7. The van der Waals surface area contributed by atoms with E-state index in [1.165, 1.54) is 88.4 Å². The molecule has 1 aliphatic carbocycles. The Labute approximate surface area is 173 Å². The van der Waals surface area contributed by atoms with E-state index in [4.69, 9.17) is 0 Å². The normalized spacial score (nSPS) is 29.3. The van der Waals surface area contributed by atoms with Gasteiger partial charge in [-0.2, -0.15) is 0 Å². The van der Waals surface area contributed by atoms with E-state index in [1.54, 1.807) is 0 Å². The molecular weight excluding hydrogens is 342 g/mol. The maximum atomic E-state index is 11.3. The second kappa shape index (κ2) is 8.88. The molecule has 1 N–H and O–H groups in total. The monoisotopic (exact) mass is 385 g/mol. The third-order valence-electron chi connectivity index (χ3n) is 7.73. The van der Waals surface area contributed by atoms with Gasteiger partial charge in [0.25, 0.3) is 0 Å². The minimum Gasteiger partial charge on any atom is -0.385 e. The molecule has 1 aliphatic heterocycles. The highest BCUT2D eigenvalue weighted by Crippen LogP contribution is 2.57. The molecule has 1 spiro atoms. The van der Waals surface area contributed by atoms with Crippen LogP contribution in [0.1, 0.15) is 109 Å². The molecule has 0 bridgehead atoms. The van der Waals surface area contributed by atoms with Gasteiger partial charge < -0.3 is 5.11 Å². The van der Waals surface area contributed by atoms with Crippen LogP contribution >= 0.6 is 0 Å². The molecule has 2 unspecified atom stereocenters. The van der Waals surface area contributed by atoms with Crippen molar-refractivity contribution in [2.75, 3.05) is 13.1 Å². The molecule has 1 fully saturated rings. The Morgan fingerprint density at radius 3 is 2.11 bits per heavy atom. The fraction of sp³-hybridized carbons (Fsp3) is 0.769. The first-order valence-electron chi connectivity index (χ1n) is 12.0. The van der Waals surface area contributed by atoms with E-state index < -0.39 is 5.60 Å². The summed E-state index contributed by atoms with van der Waals surface area (Å²) in [5.74, 6) is 0. The molecule has 0 radical (unpaired) electrons. The fourth-order valence-electron chi connectivity index (χ4n) is 6.39. The average Bonchev–Trinajstić information content (AvgIpc) is 2.91. The van der Waals surface area contributed by atoms with Gasteiger partial charge >= 0.3 is 0 Å². The largest absolute Gasteiger partial charge is 0.385 e. The number of fused-ring (bicyclic) bond motifs is 2. The van der Waals surface area contributed by atoms with E-state index in [9.17, 15) is 5.11 Å². The number of unbranched alkanes of at least 4 members (excludes halogenated alkanes) is 3. The van der Waals surface area contributed by atoms with Gasteiger partial charge in [0.1, 0.15) is 0 Å². The second-order valence-corrected chi connectivity index (χ2v) is 9.98. The minimum absolute atomic E-state index is 0.157. The van der Waals surface area contributed by atoms with E-state index in [1.807, 2.05) is 6.92 Å². The predicted molar refractivity (Wildman–Crippen MR) is 120 cm³/mol. The first-order chi connectivity index (χ1) is 13.4. The lowest BCUT2D eigenvalue weighted by molar-refractivity contribution is -0.0339. The van der Waals surface area contributed by atoms with Gasteiger partial charge in [0.05, 0.1) is 5.60 Å². The van der Waals surface area contributed by atoms with Gasteiger partial charge in [-0.05, 0) is 69.7 Å². The van der Waals surface area contributed by atoms with Crippen LogP contribution in [-0.2, 0) is 11.0 Å². The van der Waals surface area contributed by atoms with Gasteiger partial charge in [0, 0.05) is 11.0 Å². The molecule has 3 rings (SSSR count). The molecular formula is C26H43NO. The lowest BCUT2D eigenvalue weighted by Crippen LogP contribution is -2.58. The third-order valence-corrected chi connectivity index (χ3v) is 7.73. The standard InChI is InChI=1S/C26H43NO/c1-5-8-15-26(16-9-6-2)21-25(17-19-27(26)18-10-7-3)20-24(4,28)22-13-11-12-14-23(22)25/h11-14,28H,5-10,15-21H2,1-4H3. The summed E-state index contributed by atoms with van der Waals surface area (Å²) in [7, 11) is 0. The molecule has 2 aliphatic rings. The summed E-state index contributed by atoms with van der Waals surface area (Å²) >= 11 is 0. The number of hydrogen-bond acceptors (Lipinski definition) is 2. The van der Waals surface area contributed by atoms with Crippen molar-refractivity contribution in [1.82, 2.24) is 4.90 Å². The van der Waals surface area contributed by atoms with Gasteiger partial charge in [0.15, 0.2) is 0 Å². The van der Waals surface area contributed by atoms with Crippen LogP contribution in [-0.4, -0.2) is 28.6 Å². The fourth-order valence-corrected chi connectivity index (χ4v) is 6.39. The summed E-state index contributed by atoms with van der Waals surface area (Å²) in [6, 6.07) is 8.78. The Hall–Kier alpha value is -0.860. The molecule has 0 aromatic heterocycles. The number of rotatable bonds is 9. The number of likely N-dealkylation sites (tertiary alicyclic amines) is 1. The summed E-state index contributed by atoms with van der Waals surface area (Å²) in [5, 5.41) is 11.3. The van der Waals surface area contributed by atoms with Crippen molar-refractivity contribution < 1.29 is 5.11 Å². The smallest absolute Gasteiger partial charge is 0.0879 e. The van der Waals surface area contributed by atoms with Crippen LogP contribution in [0.4, 0.5) is 0 Å². The lowest BCUT2D eigenvalue weighted by atomic mass is 9.63. The summed E-state index contributed by atoms with van der Waals surface area (Å²) < 4.78 is 0. The Bertz CT molecular complexity index is 629. The zero-order valence-electron chi connectivity index (χ0n) is 18.9. The highest BCUT2D eigenvalue weighted by molar-refractivity contribution is 5.45. The summed E-state index contributed by atoms with van der Waals surface area (Å²) in [6.45, 7) is 11.5. The number of aliphatic hydroxyl groups is 1. The zero-order valence-corrected chi connectivity index (χ0v) is 18.9. The molecule has 1 aromatic rings. The number of piperidine rings is 1. The molecule has 0 amide bonds. The van der Waals surface area contributed by atoms with E-state index in [0.717, 1.165) is 6.42 Å².